The van der Waals surface area contributed by atoms with Gasteiger partial charge in [-0.25, -0.2) is 0 Å². The van der Waals surface area contributed by atoms with Crippen LogP contribution in [-0.2, 0) is 0 Å². The van der Waals surface area contributed by atoms with Gasteiger partial charge in [0, 0.05) is 0 Å². The third-order valence-electron chi connectivity index (χ3n) is 12.0. The van der Waals surface area contributed by atoms with Crippen LogP contribution in [0.15, 0.2) is 0 Å². The summed E-state index contributed by atoms with van der Waals surface area (Å²) >= 11 is 0. The number of rotatable bonds is 6. The van der Waals surface area contributed by atoms with Crippen molar-refractivity contribution in [3.63, 3.8) is 0 Å². The Bertz CT molecular complexity index is 648. The first-order valence-corrected chi connectivity index (χ1v) is 14.1. The van der Waals surface area contributed by atoms with Gasteiger partial charge in [-0.2, -0.15) is 0 Å². The third kappa shape index (κ3) is 3.91. The van der Waals surface area contributed by atoms with Crippen LogP contribution in [0.4, 0.5) is 0 Å². The van der Waals surface area contributed by atoms with E-state index >= 15 is 0 Å². The molecule has 12 atom stereocenters. The summed E-state index contributed by atoms with van der Waals surface area (Å²) in [5.74, 6) is 4.36. The number of hydrogen-bond donors (Lipinski definition) is 3. The van der Waals surface area contributed by atoms with Gasteiger partial charge in [0.2, 0.25) is 0 Å². The van der Waals surface area contributed by atoms with Gasteiger partial charge in [0.25, 0.3) is 0 Å². The van der Waals surface area contributed by atoms with Gasteiger partial charge in [-0.1, -0.05) is 48.0 Å². The standard InChI is InChI=1S/C29H52O3/c1-7-21(17(2)3)27(32)26(31)18(4)23-10-11-24-22-9-8-19-16-20(30)12-14-28(19,5)25(22)13-15-29(23,24)6/h17-27,30-32H,7-16H2,1-6H3/t18-,19?,20-,21-,22-,23+,24-,25-,26+,27+,28-,29+/m0/s1. The fraction of sp³-hybridized carbons (Fsp3) is 1.00. The number of fused-ring (bicyclic) bond motifs is 5. The Hall–Kier alpha value is -0.120. The SMILES string of the molecule is CC[C@@H](C(C)C)[C@@H](O)[C@H](O)[C@@H](C)[C@H]1CC[C@H]2[C@@H]3CCC4C[C@@H](O)CC[C@]4(C)[C@H]3CC[C@]12C. The molecule has 3 N–H and O–H groups in total. The molecule has 0 amide bonds. The lowest BCUT2D eigenvalue weighted by molar-refractivity contribution is -0.137. The number of aliphatic hydroxyl groups excluding tert-OH is 3. The molecule has 0 bridgehead atoms. The summed E-state index contributed by atoms with van der Waals surface area (Å²) in [5.41, 5.74) is 0.729. The maximum absolute atomic E-state index is 11.3. The molecule has 0 saturated heterocycles. The van der Waals surface area contributed by atoms with E-state index in [0.717, 1.165) is 37.0 Å². The van der Waals surface area contributed by atoms with Crippen LogP contribution in [-0.4, -0.2) is 33.6 Å². The highest BCUT2D eigenvalue weighted by molar-refractivity contribution is 5.10. The van der Waals surface area contributed by atoms with Crippen molar-refractivity contribution >= 4 is 0 Å². The first kappa shape index (κ1) is 25.0. The van der Waals surface area contributed by atoms with Crippen molar-refractivity contribution in [3.8, 4) is 0 Å². The topological polar surface area (TPSA) is 60.7 Å². The van der Waals surface area contributed by atoms with E-state index in [1.165, 1.54) is 44.9 Å². The molecule has 1 unspecified atom stereocenters. The second-order valence-corrected chi connectivity index (χ2v) is 13.5. The average Bonchev–Trinajstić information content (AvgIpc) is 3.10. The van der Waals surface area contributed by atoms with Crippen LogP contribution in [0.3, 0.4) is 0 Å². The van der Waals surface area contributed by atoms with Gasteiger partial charge >= 0.3 is 0 Å². The maximum Gasteiger partial charge on any atom is 0.0832 e. The minimum Gasteiger partial charge on any atom is -0.393 e. The molecule has 4 rings (SSSR count). The first-order valence-electron chi connectivity index (χ1n) is 14.1. The van der Waals surface area contributed by atoms with Crippen LogP contribution < -0.4 is 0 Å². The van der Waals surface area contributed by atoms with Gasteiger partial charge in [-0.15, -0.1) is 0 Å². The smallest absolute Gasteiger partial charge is 0.0832 e. The van der Waals surface area contributed by atoms with E-state index in [1.54, 1.807) is 0 Å². The highest BCUT2D eigenvalue weighted by Gasteiger charge is 2.61. The fourth-order valence-electron chi connectivity index (χ4n) is 10.0. The van der Waals surface area contributed by atoms with Crippen LogP contribution in [0, 0.1) is 58.2 Å². The van der Waals surface area contributed by atoms with Gasteiger partial charge in [0.1, 0.15) is 0 Å². The van der Waals surface area contributed by atoms with Crippen molar-refractivity contribution in [2.45, 2.75) is 124 Å². The van der Waals surface area contributed by atoms with E-state index in [0.29, 0.717) is 28.6 Å². The third-order valence-corrected chi connectivity index (χ3v) is 12.0. The summed E-state index contributed by atoms with van der Waals surface area (Å²) in [4.78, 5) is 0. The van der Waals surface area contributed by atoms with E-state index in [1.807, 2.05) is 0 Å². The Morgan fingerprint density at radius 2 is 1.47 bits per heavy atom. The van der Waals surface area contributed by atoms with E-state index < -0.39 is 12.2 Å². The van der Waals surface area contributed by atoms with Crippen molar-refractivity contribution in [1.82, 2.24) is 0 Å². The quantitative estimate of drug-likeness (QED) is 0.464. The lowest BCUT2D eigenvalue weighted by Gasteiger charge is -2.61. The zero-order valence-electron chi connectivity index (χ0n) is 21.8. The van der Waals surface area contributed by atoms with Crippen LogP contribution in [0.2, 0.25) is 0 Å². The molecule has 0 aromatic rings. The summed E-state index contributed by atoms with van der Waals surface area (Å²) in [6.07, 6.45) is 10.6. The molecule has 0 aromatic carbocycles. The predicted molar refractivity (Wildman–Crippen MR) is 131 cm³/mol. The van der Waals surface area contributed by atoms with Crippen molar-refractivity contribution in [1.29, 1.82) is 0 Å². The van der Waals surface area contributed by atoms with Crippen LogP contribution in [0.25, 0.3) is 0 Å². The van der Waals surface area contributed by atoms with E-state index in [-0.39, 0.29) is 17.9 Å². The summed E-state index contributed by atoms with van der Waals surface area (Å²) in [6.45, 7) is 13.8. The molecule has 0 aromatic heterocycles. The molecule has 32 heavy (non-hydrogen) atoms. The van der Waals surface area contributed by atoms with Crippen LogP contribution in [0.1, 0.15) is 106 Å². The molecule has 186 valence electrons. The van der Waals surface area contributed by atoms with Crippen molar-refractivity contribution in [3.05, 3.63) is 0 Å². The Labute approximate surface area is 197 Å². The second kappa shape index (κ2) is 9.15. The minimum atomic E-state index is -0.617. The van der Waals surface area contributed by atoms with Crippen molar-refractivity contribution < 1.29 is 15.3 Å². The van der Waals surface area contributed by atoms with Crippen LogP contribution in [0.5, 0.6) is 0 Å². The Kier molecular flexibility index (Phi) is 7.15. The molecule has 0 aliphatic heterocycles. The molecule has 3 nitrogen and oxygen atoms in total. The molecule has 0 radical (unpaired) electrons. The van der Waals surface area contributed by atoms with E-state index in [4.69, 9.17) is 0 Å². The molecule has 4 aliphatic rings. The molecule has 3 heteroatoms. The molecular weight excluding hydrogens is 396 g/mol. The lowest BCUT2D eigenvalue weighted by atomic mass is 9.44. The summed E-state index contributed by atoms with van der Waals surface area (Å²) < 4.78 is 0. The zero-order valence-corrected chi connectivity index (χ0v) is 21.8. The molecule has 4 saturated carbocycles. The number of aliphatic hydroxyl groups is 3. The summed E-state index contributed by atoms with van der Waals surface area (Å²) in [7, 11) is 0. The second-order valence-electron chi connectivity index (χ2n) is 13.5. The monoisotopic (exact) mass is 448 g/mol. The predicted octanol–water partition coefficient (Wildman–Crippen LogP) is 6.05. The van der Waals surface area contributed by atoms with Gasteiger partial charge in [0.15, 0.2) is 0 Å². The molecular formula is C29H52O3. The van der Waals surface area contributed by atoms with Crippen molar-refractivity contribution in [2.75, 3.05) is 0 Å². The van der Waals surface area contributed by atoms with Gasteiger partial charge < -0.3 is 15.3 Å². The lowest BCUT2D eigenvalue weighted by Crippen LogP contribution is -2.54. The summed E-state index contributed by atoms with van der Waals surface area (Å²) in [6, 6.07) is 0. The molecule has 0 spiro atoms. The van der Waals surface area contributed by atoms with Crippen molar-refractivity contribution in [2.24, 2.45) is 58.2 Å². The molecule has 4 fully saturated rings. The zero-order chi connectivity index (χ0) is 23.4. The largest absolute Gasteiger partial charge is 0.393 e. The molecule has 0 heterocycles. The van der Waals surface area contributed by atoms with Gasteiger partial charge in [-0.3, -0.25) is 0 Å². The van der Waals surface area contributed by atoms with E-state index in [9.17, 15) is 15.3 Å². The average molecular weight is 449 g/mol. The maximum atomic E-state index is 11.3. The highest BCUT2D eigenvalue weighted by atomic mass is 16.3. The normalized spacial score (nSPS) is 47.8. The Balaban J connectivity index is 1.50. The minimum absolute atomic E-state index is 0.0686. The molecule has 4 aliphatic carbocycles. The number of hydrogen-bond acceptors (Lipinski definition) is 3. The van der Waals surface area contributed by atoms with Gasteiger partial charge in [0.05, 0.1) is 18.3 Å². The fourth-order valence-corrected chi connectivity index (χ4v) is 10.0. The Morgan fingerprint density at radius 3 is 2.12 bits per heavy atom. The first-order chi connectivity index (χ1) is 15.0. The van der Waals surface area contributed by atoms with E-state index in [2.05, 4.69) is 41.5 Å². The van der Waals surface area contributed by atoms with Crippen LogP contribution >= 0.6 is 0 Å². The summed E-state index contributed by atoms with van der Waals surface area (Å²) in [5, 5.41) is 32.6. The van der Waals surface area contributed by atoms with Gasteiger partial charge in [-0.05, 0) is 116 Å². The highest BCUT2D eigenvalue weighted by Crippen LogP contribution is 2.68. The Morgan fingerprint density at radius 1 is 0.812 bits per heavy atom.